The van der Waals surface area contributed by atoms with Crippen molar-refractivity contribution in [1.29, 1.82) is 0 Å². The Bertz CT molecular complexity index is 748. The number of hydrogen-bond acceptors (Lipinski definition) is 5. The molecule has 2 aromatic rings. The van der Waals surface area contributed by atoms with Gasteiger partial charge in [0.25, 0.3) is 5.91 Å². The van der Waals surface area contributed by atoms with E-state index in [1.165, 1.54) is 29.7 Å². The summed E-state index contributed by atoms with van der Waals surface area (Å²) in [5, 5.41) is 7.86. The van der Waals surface area contributed by atoms with Crippen LogP contribution in [0.15, 0.2) is 28.5 Å². The number of carbonyl (C=O) groups is 2. The minimum absolute atomic E-state index is 0.00354. The van der Waals surface area contributed by atoms with Gasteiger partial charge in [0.2, 0.25) is 11.5 Å². The van der Waals surface area contributed by atoms with Gasteiger partial charge in [0.05, 0.1) is 11.3 Å². The van der Waals surface area contributed by atoms with E-state index in [1.807, 2.05) is 19.2 Å². The highest BCUT2D eigenvalue weighted by Crippen LogP contribution is 2.17. The van der Waals surface area contributed by atoms with Crippen molar-refractivity contribution in [3.63, 3.8) is 0 Å². The van der Waals surface area contributed by atoms with Gasteiger partial charge in [0.15, 0.2) is 5.13 Å². The first kappa shape index (κ1) is 17.9. The molecule has 1 atom stereocenters. The van der Waals surface area contributed by atoms with Gasteiger partial charge in [-0.3, -0.25) is 19.7 Å². The van der Waals surface area contributed by atoms with Crippen molar-refractivity contribution in [3.8, 4) is 0 Å². The van der Waals surface area contributed by atoms with Crippen LogP contribution < -0.4 is 16.2 Å². The average Bonchev–Trinajstić information content (AvgIpc) is 3.00. The standard InChI is InChI=1S/C16H20N4O3S/c1-3-10(2)18-14(22)7-5-12-9-24-16(19-12)20-15(23)11-4-6-13(21)17-8-11/h4,6,8-10H,3,5,7H2,1-2H3,(H,17,21)(H,18,22)(H,19,20,23). The summed E-state index contributed by atoms with van der Waals surface area (Å²) < 4.78 is 0. The Morgan fingerprint density at radius 3 is 2.83 bits per heavy atom. The van der Waals surface area contributed by atoms with E-state index in [-0.39, 0.29) is 23.4 Å². The lowest BCUT2D eigenvalue weighted by atomic mass is 10.2. The lowest BCUT2D eigenvalue weighted by Gasteiger charge is -2.10. The number of nitrogens with one attached hydrogen (secondary N) is 3. The number of hydrogen-bond donors (Lipinski definition) is 3. The summed E-state index contributed by atoms with van der Waals surface area (Å²) in [6.45, 7) is 3.98. The summed E-state index contributed by atoms with van der Waals surface area (Å²) in [4.78, 5) is 41.5. The van der Waals surface area contributed by atoms with Crippen LogP contribution in [0.4, 0.5) is 5.13 Å². The molecule has 0 aliphatic carbocycles. The second-order valence-electron chi connectivity index (χ2n) is 5.42. The topological polar surface area (TPSA) is 104 Å². The van der Waals surface area contributed by atoms with Crippen LogP contribution in [0.3, 0.4) is 0 Å². The van der Waals surface area contributed by atoms with E-state index in [9.17, 15) is 14.4 Å². The maximum absolute atomic E-state index is 12.0. The molecule has 0 saturated heterocycles. The molecular weight excluding hydrogens is 328 g/mol. The van der Waals surface area contributed by atoms with Gasteiger partial charge in [-0.05, 0) is 25.8 Å². The molecule has 0 aliphatic rings. The van der Waals surface area contributed by atoms with Crippen molar-refractivity contribution in [1.82, 2.24) is 15.3 Å². The third kappa shape index (κ3) is 5.31. The van der Waals surface area contributed by atoms with Crippen LogP contribution in [-0.4, -0.2) is 27.8 Å². The number of amides is 2. The Morgan fingerprint density at radius 1 is 1.38 bits per heavy atom. The SMILES string of the molecule is CCC(C)NC(=O)CCc1csc(NC(=O)c2ccc(=O)[nH]c2)n1. The van der Waals surface area contributed by atoms with Crippen molar-refractivity contribution in [2.75, 3.05) is 5.32 Å². The number of pyridine rings is 1. The van der Waals surface area contributed by atoms with E-state index in [0.717, 1.165) is 12.1 Å². The number of anilines is 1. The molecular formula is C16H20N4O3S. The molecule has 7 nitrogen and oxygen atoms in total. The maximum atomic E-state index is 12.0. The van der Waals surface area contributed by atoms with Crippen LogP contribution >= 0.6 is 11.3 Å². The lowest BCUT2D eigenvalue weighted by Crippen LogP contribution is -2.32. The third-order valence-corrected chi connectivity index (χ3v) is 4.25. The molecule has 0 bridgehead atoms. The highest BCUT2D eigenvalue weighted by Gasteiger charge is 2.11. The molecule has 2 aromatic heterocycles. The summed E-state index contributed by atoms with van der Waals surface area (Å²) in [7, 11) is 0. The summed E-state index contributed by atoms with van der Waals surface area (Å²) in [6, 6.07) is 2.90. The first-order valence-electron chi connectivity index (χ1n) is 7.71. The minimum atomic E-state index is -0.346. The van der Waals surface area contributed by atoms with E-state index in [4.69, 9.17) is 0 Å². The largest absolute Gasteiger partial charge is 0.354 e. The summed E-state index contributed by atoms with van der Waals surface area (Å²) in [5.41, 5.74) is 0.842. The molecule has 0 saturated carbocycles. The highest BCUT2D eigenvalue weighted by atomic mass is 32.1. The van der Waals surface area contributed by atoms with Crippen molar-refractivity contribution >= 4 is 28.3 Å². The van der Waals surface area contributed by atoms with Crippen LogP contribution in [-0.2, 0) is 11.2 Å². The molecule has 8 heteroatoms. The van der Waals surface area contributed by atoms with Crippen LogP contribution in [0.5, 0.6) is 0 Å². The smallest absolute Gasteiger partial charge is 0.258 e. The molecule has 0 aliphatic heterocycles. The van der Waals surface area contributed by atoms with Crippen molar-refractivity contribution in [3.05, 3.63) is 45.3 Å². The van der Waals surface area contributed by atoms with Crippen LogP contribution in [0, 0.1) is 0 Å². The quantitative estimate of drug-likeness (QED) is 0.711. The van der Waals surface area contributed by atoms with E-state index in [0.29, 0.717) is 23.5 Å². The van der Waals surface area contributed by atoms with Gasteiger partial charge < -0.3 is 10.3 Å². The highest BCUT2D eigenvalue weighted by molar-refractivity contribution is 7.13. The predicted molar refractivity (Wildman–Crippen MR) is 93.3 cm³/mol. The first-order valence-corrected chi connectivity index (χ1v) is 8.59. The van der Waals surface area contributed by atoms with Gasteiger partial charge >= 0.3 is 0 Å². The number of aromatic nitrogens is 2. The zero-order valence-electron chi connectivity index (χ0n) is 13.6. The van der Waals surface area contributed by atoms with Gasteiger partial charge in [0.1, 0.15) is 0 Å². The number of carbonyl (C=O) groups excluding carboxylic acids is 2. The van der Waals surface area contributed by atoms with Gasteiger partial charge in [-0.1, -0.05) is 6.92 Å². The molecule has 24 heavy (non-hydrogen) atoms. The molecule has 0 radical (unpaired) electrons. The fourth-order valence-corrected chi connectivity index (χ4v) is 2.63. The van der Waals surface area contributed by atoms with Gasteiger partial charge in [-0.25, -0.2) is 4.98 Å². The van der Waals surface area contributed by atoms with Gasteiger partial charge in [0, 0.05) is 30.1 Å². The molecule has 128 valence electrons. The Labute approximate surface area is 143 Å². The first-order chi connectivity index (χ1) is 11.5. The number of thiazole rings is 1. The van der Waals surface area contributed by atoms with E-state index in [1.54, 1.807) is 0 Å². The lowest BCUT2D eigenvalue weighted by molar-refractivity contribution is -0.121. The Hall–Kier alpha value is -2.48. The van der Waals surface area contributed by atoms with E-state index < -0.39 is 0 Å². The molecule has 3 N–H and O–H groups in total. The average molecular weight is 348 g/mol. The molecule has 0 fully saturated rings. The second-order valence-corrected chi connectivity index (χ2v) is 6.27. The molecule has 2 heterocycles. The zero-order chi connectivity index (χ0) is 17.5. The van der Waals surface area contributed by atoms with E-state index in [2.05, 4.69) is 20.6 Å². The fourth-order valence-electron chi connectivity index (χ4n) is 1.89. The number of rotatable bonds is 7. The number of aryl methyl sites for hydroxylation is 1. The molecule has 0 aromatic carbocycles. The zero-order valence-corrected chi connectivity index (χ0v) is 14.4. The maximum Gasteiger partial charge on any atom is 0.258 e. The van der Waals surface area contributed by atoms with Crippen molar-refractivity contribution in [2.24, 2.45) is 0 Å². The Balaban J connectivity index is 1.86. The van der Waals surface area contributed by atoms with Crippen molar-refractivity contribution in [2.45, 2.75) is 39.2 Å². The molecule has 1 unspecified atom stereocenters. The fraction of sp³-hybridized carbons (Fsp3) is 0.375. The summed E-state index contributed by atoms with van der Waals surface area (Å²) >= 11 is 1.30. The molecule has 2 rings (SSSR count). The summed E-state index contributed by atoms with van der Waals surface area (Å²) in [6.07, 6.45) is 3.13. The van der Waals surface area contributed by atoms with Crippen molar-refractivity contribution < 1.29 is 9.59 Å². The molecule has 0 spiro atoms. The van der Waals surface area contributed by atoms with Crippen LogP contribution in [0.25, 0.3) is 0 Å². The number of H-pyrrole nitrogens is 1. The summed E-state index contributed by atoms with van der Waals surface area (Å²) in [5.74, 6) is -0.349. The Morgan fingerprint density at radius 2 is 2.17 bits per heavy atom. The Kier molecular flexibility index (Phi) is 6.25. The second kappa shape index (κ2) is 8.39. The minimum Gasteiger partial charge on any atom is -0.354 e. The number of aromatic amines is 1. The van der Waals surface area contributed by atoms with Gasteiger partial charge in [-0.15, -0.1) is 11.3 Å². The van der Waals surface area contributed by atoms with Crippen LogP contribution in [0.2, 0.25) is 0 Å². The monoisotopic (exact) mass is 348 g/mol. The van der Waals surface area contributed by atoms with Crippen LogP contribution in [0.1, 0.15) is 42.7 Å². The predicted octanol–water partition coefficient (Wildman–Crippen LogP) is 1.93. The molecule has 2 amide bonds. The van der Waals surface area contributed by atoms with E-state index >= 15 is 0 Å². The third-order valence-electron chi connectivity index (χ3n) is 3.45. The van der Waals surface area contributed by atoms with Gasteiger partial charge in [-0.2, -0.15) is 0 Å². The normalized spacial score (nSPS) is 11.8. The number of nitrogens with zero attached hydrogens (tertiary/aromatic N) is 1.